The lowest BCUT2D eigenvalue weighted by Gasteiger charge is -2.36. The van der Waals surface area contributed by atoms with Crippen LogP contribution in [0.5, 0.6) is 0 Å². The molecule has 1 saturated heterocycles. The number of benzene rings is 1. The van der Waals surface area contributed by atoms with Crippen molar-refractivity contribution in [1.29, 1.82) is 0 Å². The molecule has 0 bridgehead atoms. The Kier molecular flexibility index (Phi) is 4.55. The summed E-state index contributed by atoms with van der Waals surface area (Å²) in [6.07, 6.45) is 2.98. The van der Waals surface area contributed by atoms with Crippen LogP contribution in [-0.2, 0) is 11.3 Å². The minimum absolute atomic E-state index is 0.0953. The van der Waals surface area contributed by atoms with Crippen LogP contribution in [0.25, 0.3) is 17.0 Å². The van der Waals surface area contributed by atoms with E-state index in [-0.39, 0.29) is 18.0 Å². The van der Waals surface area contributed by atoms with Gasteiger partial charge >= 0.3 is 0 Å². The van der Waals surface area contributed by atoms with E-state index in [0.717, 1.165) is 18.8 Å². The molecule has 4 heterocycles. The third kappa shape index (κ3) is 3.34. The topological polar surface area (TPSA) is 88.9 Å². The molecule has 5 rings (SSSR count). The number of amides is 1. The number of fused-ring (bicyclic) bond motifs is 1. The van der Waals surface area contributed by atoms with Gasteiger partial charge in [0.05, 0.1) is 6.26 Å². The predicted molar refractivity (Wildman–Crippen MR) is 110 cm³/mol. The Hall–Kier alpha value is -3.88. The summed E-state index contributed by atoms with van der Waals surface area (Å²) in [7, 11) is 0. The van der Waals surface area contributed by atoms with Crippen LogP contribution in [0.3, 0.4) is 0 Å². The van der Waals surface area contributed by atoms with Crippen molar-refractivity contribution in [2.75, 3.05) is 31.1 Å². The summed E-state index contributed by atoms with van der Waals surface area (Å²) in [5, 5.41) is 8.42. The van der Waals surface area contributed by atoms with Crippen LogP contribution in [0.4, 0.5) is 5.69 Å². The summed E-state index contributed by atoms with van der Waals surface area (Å²) in [4.78, 5) is 29.6. The summed E-state index contributed by atoms with van der Waals surface area (Å²) in [5.41, 5.74) is 1.68. The van der Waals surface area contributed by atoms with E-state index in [4.69, 9.17) is 4.42 Å². The number of nitrogens with zero attached hydrogens (tertiary/aromatic N) is 6. The third-order valence-corrected chi connectivity index (χ3v) is 5.30. The van der Waals surface area contributed by atoms with Crippen molar-refractivity contribution in [3.8, 4) is 11.5 Å². The van der Waals surface area contributed by atoms with Crippen LogP contribution in [0.2, 0.25) is 0 Å². The Labute approximate surface area is 171 Å². The summed E-state index contributed by atoms with van der Waals surface area (Å²) >= 11 is 0. The van der Waals surface area contributed by atoms with Crippen molar-refractivity contribution in [3.63, 3.8) is 0 Å². The SMILES string of the molecule is O=C(Cn1ncn2nc(-c3ccco3)cc2c1=O)N1CCN(c2ccccc2)CC1. The molecule has 0 atom stereocenters. The molecule has 0 unspecified atom stereocenters. The third-order valence-electron chi connectivity index (χ3n) is 5.30. The minimum atomic E-state index is -0.362. The van der Waals surface area contributed by atoms with E-state index in [1.54, 1.807) is 29.4 Å². The average Bonchev–Trinajstić information content (AvgIpc) is 3.46. The van der Waals surface area contributed by atoms with Crippen molar-refractivity contribution in [3.05, 3.63) is 71.5 Å². The van der Waals surface area contributed by atoms with Gasteiger partial charge in [-0.2, -0.15) is 10.2 Å². The maximum atomic E-state index is 12.8. The fraction of sp³-hybridized carbons (Fsp3) is 0.238. The van der Waals surface area contributed by atoms with Crippen LogP contribution >= 0.6 is 0 Å². The number of piperazine rings is 1. The quantitative estimate of drug-likeness (QED) is 0.512. The van der Waals surface area contributed by atoms with Gasteiger partial charge in [-0.05, 0) is 24.3 Å². The first-order chi connectivity index (χ1) is 14.7. The van der Waals surface area contributed by atoms with Gasteiger partial charge in [0.2, 0.25) is 5.91 Å². The van der Waals surface area contributed by atoms with E-state index < -0.39 is 0 Å². The van der Waals surface area contributed by atoms with Gasteiger partial charge in [-0.1, -0.05) is 18.2 Å². The van der Waals surface area contributed by atoms with Crippen LogP contribution in [0.15, 0.2) is 70.3 Å². The molecule has 1 aromatic carbocycles. The van der Waals surface area contributed by atoms with Crippen LogP contribution in [0.1, 0.15) is 0 Å². The summed E-state index contributed by atoms with van der Waals surface area (Å²) in [6.45, 7) is 2.64. The lowest BCUT2D eigenvalue weighted by Crippen LogP contribution is -2.50. The number of hydrogen-bond acceptors (Lipinski definition) is 6. The van der Waals surface area contributed by atoms with Gasteiger partial charge in [0.15, 0.2) is 5.76 Å². The zero-order chi connectivity index (χ0) is 20.5. The molecule has 0 radical (unpaired) electrons. The van der Waals surface area contributed by atoms with Gasteiger partial charge in [-0.15, -0.1) is 0 Å². The molecule has 3 aromatic heterocycles. The largest absolute Gasteiger partial charge is 0.463 e. The molecule has 0 N–H and O–H groups in total. The molecule has 30 heavy (non-hydrogen) atoms. The van der Waals surface area contributed by atoms with Gasteiger partial charge < -0.3 is 14.2 Å². The summed E-state index contributed by atoms with van der Waals surface area (Å²) in [5.74, 6) is 0.449. The molecule has 0 spiro atoms. The zero-order valence-electron chi connectivity index (χ0n) is 16.2. The van der Waals surface area contributed by atoms with Crippen LogP contribution < -0.4 is 10.5 Å². The smallest absolute Gasteiger partial charge is 0.293 e. The van der Waals surface area contributed by atoms with E-state index in [1.807, 2.05) is 18.2 Å². The van der Waals surface area contributed by atoms with Gasteiger partial charge in [-0.3, -0.25) is 9.59 Å². The standard InChI is InChI=1S/C21H20N6O3/c28-20(25-10-8-24(9-11-25)16-5-2-1-3-6-16)14-26-21(29)18-13-17(19-7-4-12-30-19)23-27(18)15-22-26/h1-7,12-13,15H,8-11,14H2. The molecule has 1 aliphatic rings. The van der Waals surface area contributed by atoms with Crippen LogP contribution in [0, 0.1) is 0 Å². The molecule has 1 aliphatic heterocycles. The average molecular weight is 404 g/mol. The summed E-state index contributed by atoms with van der Waals surface area (Å²) < 4.78 is 7.93. The second kappa shape index (κ2) is 7.51. The molecule has 0 aliphatic carbocycles. The van der Waals surface area contributed by atoms with Gasteiger partial charge in [0, 0.05) is 37.9 Å². The van der Waals surface area contributed by atoms with Crippen molar-refractivity contribution in [2.24, 2.45) is 0 Å². The number of rotatable bonds is 4. The van der Waals surface area contributed by atoms with E-state index in [0.29, 0.717) is 30.1 Å². The number of anilines is 1. The molecule has 4 aromatic rings. The normalized spacial score (nSPS) is 14.4. The number of carbonyl (C=O) groups excluding carboxylic acids is 1. The Morgan fingerprint density at radius 2 is 1.83 bits per heavy atom. The first-order valence-electron chi connectivity index (χ1n) is 9.76. The van der Waals surface area contributed by atoms with Gasteiger partial charge in [0.1, 0.15) is 24.1 Å². The first-order valence-corrected chi connectivity index (χ1v) is 9.76. The van der Waals surface area contributed by atoms with Crippen molar-refractivity contribution >= 4 is 17.1 Å². The fourth-order valence-corrected chi connectivity index (χ4v) is 3.68. The predicted octanol–water partition coefficient (Wildman–Crippen LogP) is 1.50. The Bertz CT molecular complexity index is 1220. The molecule has 1 amide bonds. The van der Waals surface area contributed by atoms with E-state index >= 15 is 0 Å². The molecule has 9 nitrogen and oxygen atoms in total. The monoisotopic (exact) mass is 404 g/mol. The molecular formula is C21H20N6O3. The molecule has 9 heteroatoms. The highest BCUT2D eigenvalue weighted by molar-refractivity contribution is 5.76. The number of furan rings is 1. The highest BCUT2D eigenvalue weighted by Gasteiger charge is 2.22. The molecule has 152 valence electrons. The molecule has 1 fully saturated rings. The number of carbonyl (C=O) groups is 1. The van der Waals surface area contributed by atoms with E-state index in [9.17, 15) is 9.59 Å². The first kappa shape index (κ1) is 18.2. The van der Waals surface area contributed by atoms with E-state index in [1.165, 1.54) is 15.5 Å². The Morgan fingerprint density at radius 1 is 1.03 bits per heavy atom. The zero-order valence-corrected chi connectivity index (χ0v) is 16.2. The number of para-hydroxylation sites is 1. The maximum absolute atomic E-state index is 12.8. The second-order valence-electron chi connectivity index (χ2n) is 7.13. The highest BCUT2D eigenvalue weighted by Crippen LogP contribution is 2.18. The maximum Gasteiger partial charge on any atom is 0.293 e. The van der Waals surface area contributed by atoms with Crippen molar-refractivity contribution < 1.29 is 9.21 Å². The summed E-state index contributed by atoms with van der Waals surface area (Å²) in [6, 6.07) is 15.3. The lowest BCUT2D eigenvalue weighted by atomic mass is 10.2. The molecular weight excluding hydrogens is 384 g/mol. The number of aromatic nitrogens is 4. The second-order valence-corrected chi connectivity index (χ2v) is 7.13. The van der Waals surface area contributed by atoms with Crippen molar-refractivity contribution in [1.82, 2.24) is 24.3 Å². The number of hydrogen-bond donors (Lipinski definition) is 0. The van der Waals surface area contributed by atoms with Gasteiger partial charge in [0.25, 0.3) is 5.56 Å². The molecule has 0 saturated carbocycles. The minimum Gasteiger partial charge on any atom is -0.463 e. The fourth-order valence-electron chi connectivity index (χ4n) is 3.68. The Morgan fingerprint density at radius 3 is 2.57 bits per heavy atom. The lowest BCUT2D eigenvalue weighted by molar-refractivity contribution is -0.132. The Balaban J connectivity index is 1.29. The van der Waals surface area contributed by atoms with Crippen molar-refractivity contribution in [2.45, 2.75) is 6.54 Å². The van der Waals surface area contributed by atoms with Crippen LogP contribution in [-0.4, -0.2) is 56.4 Å². The van der Waals surface area contributed by atoms with E-state index in [2.05, 4.69) is 27.2 Å². The highest BCUT2D eigenvalue weighted by atomic mass is 16.3. The van der Waals surface area contributed by atoms with Gasteiger partial charge in [-0.25, -0.2) is 9.20 Å².